The van der Waals surface area contributed by atoms with E-state index in [1.165, 1.54) is 11.1 Å². The summed E-state index contributed by atoms with van der Waals surface area (Å²) in [4.78, 5) is 3.24. The third kappa shape index (κ3) is 1.04. The van der Waals surface area contributed by atoms with Gasteiger partial charge in [-0.15, -0.1) is 0 Å². The molecule has 0 unspecified atom stereocenters. The number of H-pyrrole nitrogens is 1. The number of hydrazine groups is 1. The Morgan fingerprint density at radius 2 is 2.17 bits per heavy atom. The minimum atomic E-state index is 0.932. The maximum Gasteiger partial charge on any atom is 0.0492 e. The van der Waals surface area contributed by atoms with E-state index in [4.69, 9.17) is 5.84 Å². The van der Waals surface area contributed by atoms with Crippen LogP contribution in [0.2, 0.25) is 0 Å². The summed E-state index contributed by atoms with van der Waals surface area (Å²) in [5, 5.41) is 1.18. The second-order valence-electron chi connectivity index (χ2n) is 2.90. The number of aromatic amines is 1. The quantitative estimate of drug-likeness (QED) is 0.441. The second-order valence-corrected chi connectivity index (χ2v) is 2.90. The largest absolute Gasteiger partial charge is 0.359 e. The van der Waals surface area contributed by atoms with Gasteiger partial charge in [-0.2, -0.15) is 0 Å². The molecule has 2 aromatic rings. The predicted molar refractivity (Wildman–Crippen MR) is 50.8 cm³/mol. The first-order chi connectivity index (χ1) is 5.79. The van der Waals surface area contributed by atoms with E-state index in [1.807, 2.05) is 25.1 Å². The third-order valence-electron chi connectivity index (χ3n) is 1.92. The summed E-state index contributed by atoms with van der Waals surface area (Å²) in [7, 11) is 0. The SMILES string of the molecule is Cc1cc2cc(NN)ccc2[nH]1. The maximum atomic E-state index is 5.29. The average molecular weight is 161 g/mol. The molecule has 62 valence electrons. The molecule has 0 amide bonds. The van der Waals surface area contributed by atoms with E-state index in [-0.39, 0.29) is 0 Å². The lowest BCUT2D eigenvalue weighted by molar-refractivity contribution is 1.30. The molecule has 0 spiro atoms. The van der Waals surface area contributed by atoms with Crippen molar-refractivity contribution in [2.24, 2.45) is 5.84 Å². The van der Waals surface area contributed by atoms with Gasteiger partial charge in [0.2, 0.25) is 0 Å². The standard InChI is InChI=1S/C9H11N3/c1-6-4-7-5-8(12-10)2-3-9(7)11-6/h2-5,11-12H,10H2,1H3. The number of aryl methyl sites for hydroxylation is 1. The number of benzene rings is 1. The van der Waals surface area contributed by atoms with E-state index in [9.17, 15) is 0 Å². The molecule has 0 aliphatic heterocycles. The lowest BCUT2D eigenvalue weighted by Gasteiger charge is -1.97. The zero-order valence-corrected chi connectivity index (χ0v) is 6.89. The van der Waals surface area contributed by atoms with Crippen LogP contribution in [0.15, 0.2) is 24.3 Å². The van der Waals surface area contributed by atoms with Gasteiger partial charge in [-0.05, 0) is 31.2 Å². The molecule has 0 saturated heterocycles. The molecule has 3 heteroatoms. The Kier molecular flexibility index (Phi) is 1.52. The van der Waals surface area contributed by atoms with Crippen molar-refractivity contribution in [3.8, 4) is 0 Å². The molecule has 2 rings (SSSR count). The van der Waals surface area contributed by atoms with Crippen LogP contribution in [-0.2, 0) is 0 Å². The fourth-order valence-electron chi connectivity index (χ4n) is 1.37. The number of hydrogen-bond acceptors (Lipinski definition) is 2. The van der Waals surface area contributed by atoms with E-state index in [2.05, 4.69) is 16.5 Å². The van der Waals surface area contributed by atoms with Crippen LogP contribution in [0.1, 0.15) is 5.69 Å². The van der Waals surface area contributed by atoms with Crippen molar-refractivity contribution in [1.29, 1.82) is 0 Å². The van der Waals surface area contributed by atoms with Gasteiger partial charge in [-0.1, -0.05) is 0 Å². The van der Waals surface area contributed by atoms with Crippen LogP contribution in [0.5, 0.6) is 0 Å². The highest BCUT2D eigenvalue weighted by Crippen LogP contribution is 2.18. The fourth-order valence-corrected chi connectivity index (χ4v) is 1.37. The van der Waals surface area contributed by atoms with E-state index in [1.54, 1.807) is 0 Å². The van der Waals surface area contributed by atoms with Gasteiger partial charge >= 0.3 is 0 Å². The van der Waals surface area contributed by atoms with Crippen molar-refractivity contribution in [2.75, 3.05) is 5.43 Å². The van der Waals surface area contributed by atoms with Gasteiger partial charge in [-0.3, -0.25) is 5.84 Å². The molecule has 0 fully saturated rings. The van der Waals surface area contributed by atoms with Crippen molar-refractivity contribution < 1.29 is 0 Å². The third-order valence-corrected chi connectivity index (χ3v) is 1.92. The van der Waals surface area contributed by atoms with Crippen LogP contribution in [0.3, 0.4) is 0 Å². The molecule has 0 aliphatic rings. The van der Waals surface area contributed by atoms with Gasteiger partial charge < -0.3 is 10.4 Å². The summed E-state index contributed by atoms with van der Waals surface area (Å²) in [6.07, 6.45) is 0. The van der Waals surface area contributed by atoms with Gasteiger partial charge in [0.15, 0.2) is 0 Å². The molecule has 0 bridgehead atoms. The summed E-state index contributed by atoms with van der Waals surface area (Å²) >= 11 is 0. The number of nitrogens with one attached hydrogen (secondary N) is 2. The van der Waals surface area contributed by atoms with E-state index in [0.29, 0.717) is 0 Å². The first kappa shape index (κ1) is 7.18. The summed E-state index contributed by atoms with van der Waals surface area (Å²) in [6, 6.07) is 8.06. The monoisotopic (exact) mass is 161 g/mol. The molecule has 1 aromatic heterocycles. The Morgan fingerprint density at radius 1 is 1.33 bits per heavy atom. The van der Waals surface area contributed by atoms with Crippen LogP contribution < -0.4 is 11.3 Å². The van der Waals surface area contributed by atoms with E-state index in [0.717, 1.165) is 11.2 Å². The number of fused-ring (bicyclic) bond motifs is 1. The number of nitrogen functional groups attached to an aromatic ring is 1. The summed E-state index contributed by atoms with van der Waals surface area (Å²) in [5.74, 6) is 5.29. The van der Waals surface area contributed by atoms with Crippen molar-refractivity contribution in [2.45, 2.75) is 6.92 Å². The van der Waals surface area contributed by atoms with Crippen LogP contribution in [0, 0.1) is 6.92 Å². The Hall–Kier alpha value is -1.48. The highest BCUT2D eigenvalue weighted by atomic mass is 15.2. The normalized spacial score (nSPS) is 10.5. The lowest BCUT2D eigenvalue weighted by Crippen LogP contribution is -2.05. The van der Waals surface area contributed by atoms with Crippen LogP contribution in [-0.4, -0.2) is 4.98 Å². The Bertz CT molecular complexity index is 403. The van der Waals surface area contributed by atoms with Crippen LogP contribution >= 0.6 is 0 Å². The van der Waals surface area contributed by atoms with Crippen molar-refractivity contribution >= 4 is 16.6 Å². The summed E-state index contributed by atoms with van der Waals surface area (Å²) in [5.41, 5.74) is 5.86. The zero-order valence-electron chi connectivity index (χ0n) is 6.89. The van der Waals surface area contributed by atoms with Gasteiger partial charge in [0.1, 0.15) is 0 Å². The zero-order chi connectivity index (χ0) is 8.55. The maximum absolute atomic E-state index is 5.29. The molecule has 0 aliphatic carbocycles. The van der Waals surface area contributed by atoms with Crippen LogP contribution in [0.25, 0.3) is 10.9 Å². The van der Waals surface area contributed by atoms with E-state index >= 15 is 0 Å². The van der Waals surface area contributed by atoms with Gasteiger partial charge in [0.05, 0.1) is 0 Å². The summed E-state index contributed by atoms with van der Waals surface area (Å²) < 4.78 is 0. The molecule has 0 radical (unpaired) electrons. The predicted octanol–water partition coefficient (Wildman–Crippen LogP) is 1.76. The first-order valence-electron chi connectivity index (χ1n) is 3.85. The molecule has 12 heavy (non-hydrogen) atoms. The lowest BCUT2D eigenvalue weighted by atomic mass is 10.2. The van der Waals surface area contributed by atoms with E-state index < -0.39 is 0 Å². The van der Waals surface area contributed by atoms with Gasteiger partial charge in [0, 0.05) is 22.3 Å². The summed E-state index contributed by atoms with van der Waals surface area (Å²) in [6.45, 7) is 2.04. The Balaban J connectivity index is 2.66. The second kappa shape index (κ2) is 2.53. The van der Waals surface area contributed by atoms with Crippen LogP contribution in [0.4, 0.5) is 5.69 Å². The highest BCUT2D eigenvalue weighted by Gasteiger charge is 1.97. The molecule has 3 nitrogen and oxygen atoms in total. The highest BCUT2D eigenvalue weighted by molar-refractivity contribution is 5.83. The number of hydrogen-bond donors (Lipinski definition) is 3. The molecular formula is C9H11N3. The average Bonchev–Trinajstić information content (AvgIpc) is 2.43. The molecule has 1 heterocycles. The molecule has 0 atom stereocenters. The molecular weight excluding hydrogens is 150 g/mol. The van der Waals surface area contributed by atoms with Crippen molar-refractivity contribution in [3.05, 3.63) is 30.0 Å². The number of rotatable bonds is 1. The smallest absolute Gasteiger partial charge is 0.0492 e. The molecule has 1 aromatic carbocycles. The van der Waals surface area contributed by atoms with Gasteiger partial charge in [0.25, 0.3) is 0 Å². The minimum Gasteiger partial charge on any atom is -0.359 e. The first-order valence-corrected chi connectivity index (χ1v) is 3.85. The number of nitrogens with two attached hydrogens (primary N) is 1. The number of anilines is 1. The molecule has 0 saturated carbocycles. The minimum absolute atomic E-state index is 0.932. The topological polar surface area (TPSA) is 53.8 Å². The van der Waals surface area contributed by atoms with Crippen molar-refractivity contribution in [3.63, 3.8) is 0 Å². The fraction of sp³-hybridized carbons (Fsp3) is 0.111. The van der Waals surface area contributed by atoms with Gasteiger partial charge in [-0.25, -0.2) is 0 Å². The Morgan fingerprint density at radius 3 is 2.92 bits per heavy atom. The Labute approximate surface area is 70.5 Å². The number of aromatic nitrogens is 1. The van der Waals surface area contributed by atoms with Crippen molar-refractivity contribution in [1.82, 2.24) is 4.98 Å². The molecule has 4 N–H and O–H groups in total.